The van der Waals surface area contributed by atoms with E-state index < -0.39 is 0 Å². The number of carbonyl (C=O) groups excluding carboxylic acids is 1. The van der Waals surface area contributed by atoms with Crippen LogP contribution in [0.1, 0.15) is 38.4 Å². The van der Waals surface area contributed by atoms with Gasteiger partial charge in [0.25, 0.3) is 5.91 Å². The van der Waals surface area contributed by atoms with E-state index in [-0.39, 0.29) is 5.91 Å². The summed E-state index contributed by atoms with van der Waals surface area (Å²) in [4.78, 5) is 19.8. The molecule has 1 saturated heterocycles. The summed E-state index contributed by atoms with van der Waals surface area (Å²) in [7, 11) is 0. The Labute approximate surface area is 183 Å². The van der Waals surface area contributed by atoms with Crippen LogP contribution in [-0.4, -0.2) is 41.8 Å². The van der Waals surface area contributed by atoms with E-state index in [0.717, 1.165) is 41.3 Å². The minimum absolute atomic E-state index is 0.0513. The first kappa shape index (κ1) is 21.1. The monoisotopic (exact) mass is 418 g/mol. The first-order chi connectivity index (χ1) is 15.0. The summed E-state index contributed by atoms with van der Waals surface area (Å²) in [6, 6.07) is 12.3. The second kappa shape index (κ2) is 9.35. The van der Waals surface area contributed by atoms with Crippen molar-refractivity contribution in [2.75, 3.05) is 31.2 Å². The van der Waals surface area contributed by atoms with E-state index in [1.54, 1.807) is 12.4 Å². The molecule has 6 heteroatoms. The van der Waals surface area contributed by atoms with Crippen LogP contribution in [0, 0.1) is 20.8 Å². The molecule has 1 fully saturated rings. The van der Waals surface area contributed by atoms with Crippen LogP contribution in [0.4, 0.5) is 5.69 Å². The fourth-order valence-electron chi connectivity index (χ4n) is 4.38. The second-order valence-corrected chi connectivity index (χ2v) is 8.12. The molecule has 162 valence electrons. The first-order valence-electron chi connectivity index (χ1n) is 10.8. The standard InChI is InChI=1S/C25H30N4O2/c1-18-5-4-6-22(15-18)17-29-20(3)23(28-11-13-31-14-12-28)19(2)24(29)25(30)27-16-21-7-9-26-10-8-21/h4-10,15H,11-14,16-17H2,1-3H3,(H,27,30). The zero-order valence-corrected chi connectivity index (χ0v) is 18.5. The van der Waals surface area contributed by atoms with Gasteiger partial charge in [0.05, 0.1) is 18.9 Å². The zero-order chi connectivity index (χ0) is 21.8. The van der Waals surface area contributed by atoms with Crippen LogP contribution in [0.15, 0.2) is 48.8 Å². The second-order valence-electron chi connectivity index (χ2n) is 8.12. The topological polar surface area (TPSA) is 59.4 Å². The Morgan fingerprint density at radius 2 is 1.81 bits per heavy atom. The highest BCUT2D eigenvalue weighted by Gasteiger charge is 2.26. The predicted molar refractivity (Wildman–Crippen MR) is 123 cm³/mol. The van der Waals surface area contributed by atoms with Gasteiger partial charge in [0.15, 0.2) is 0 Å². The predicted octanol–water partition coefficient (Wildman–Crippen LogP) is 3.62. The Kier molecular flexibility index (Phi) is 6.37. The van der Waals surface area contributed by atoms with Crippen LogP contribution in [0.5, 0.6) is 0 Å². The molecule has 6 nitrogen and oxygen atoms in total. The number of nitrogens with one attached hydrogen (secondary N) is 1. The average molecular weight is 419 g/mol. The highest BCUT2D eigenvalue weighted by atomic mass is 16.5. The van der Waals surface area contributed by atoms with Crippen molar-refractivity contribution >= 4 is 11.6 Å². The van der Waals surface area contributed by atoms with Gasteiger partial charge in [-0.15, -0.1) is 0 Å². The van der Waals surface area contributed by atoms with Crippen LogP contribution >= 0.6 is 0 Å². The Morgan fingerprint density at radius 1 is 1.06 bits per heavy atom. The van der Waals surface area contributed by atoms with Crippen LogP contribution in [0.3, 0.4) is 0 Å². The fraction of sp³-hybridized carbons (Fsp3) is 0.360. The fourth-order valence-corrected chi connectivity index (χ4v) is 4.38. The smallest absolute Gasteiger partial charge is 0.268 e. The lowest BCUT2D eigenvalue weighted by Gasteiger charge is -2.29. The molecule has 3 heterocycles. The molecule has 1 aliphatic rings. The van der Waals surface area contributed by atoms with Gasteiger partial charge in [-0.25, -0.2) is 0 Å². The largest absolute Gasteiger partial charge is 0.378 e. The molecule has 0 saturated carbocycles. The van der Waals surface area contributed by atoms with Gasteiger partial charge in [0, 0.05) is 49.8 Å². The van der Waals surface area contributed by atoms with Crippen molar-refractivity contribution in [2.45, 2.75) is 33.9 Å². The van der Waals surface area contributed by atoms with E-state index in [0.29, 0.717) is 26.3 Å². The molecule has 0 bridgehead atoms. The molecule has 4 rings (SSSR count). The summed E-state index contributed by atoms with van der Waals surface area (Å²) in [6.45, 7) is 10.5. The molecule has 3 aromatic rings. The highest BCUT2D eigenvalue weighted by Crippen LogP contribution is 2.32. The van der Waals surface area contributed by atoms with Gasteiger partial charge >= 0.3 is 0 Å². The SMILES string of the molecule is Cc1cccc(Cn2c(C)c(N3CCOCC3)c(C)c2C(=O)NCc2ccncc2)c1. The highest BCUT2D eigenvalue weighted by molar-refractivity contribution is 5.96. The third kappa shape index (κ3) is 4.64. The van der Waals surface area contributed by atoms with Crippen LogP contribution in [0.2, 0.25) is 0 Å². The minimum atomic E-state index is -0.0513. The number of amides is 1. The Bertz CT molecular complexity index is 1050. The van der Waals surface area contributed by atoms with Gasteiger partial charge in [-0.05, 0) is 44.0 Å². The van der Waals surface area contributed by atoms with Gasteiger partial charge in [-0.2, -0.15) is 0 Å². The molecule has 0 atom stereocenters. The summed E-state index contributed by atoms with van der Waals surface area (Å²) in [5.74, 6) is -0.0513. The minimum Gasteiger partial charge on any atom is -0.378 e. The molecule has 0 spiro atoms. The van der Waals surface area contributed by atoms with Crippen molar-refractivity contribution in [3.63, 3.8) is 0 Å². The Balaban J connectivity index is 1.69. The Hall–Kier alpha value is -3.12. The van der Waals surface area contributed by atoms with Crippen molar-refractivity contribution in [1.29, 1.82) is 0 Å². The number of rotatable bonds is 6. The molecule has 0 unspecified atom stereocenters. The van der Waals surface area contributed by atoms with Gasteiger partial charge < -0.3 is 19.5 Å². The lowest BCUT2D eigenvalue weighted by atomic mass is 10.1. The molecule has 1 amide bonds. The van der Waals surface area contributed by atoms with Crippen LogP contribution < -0.4 is 10.2 Å². The quantitative estimate of drug-likeness (QED) is 0.664. The van der Waals surface area contributed by atoms with Gasteiger partial charge in [0.1, 0.15) is 5.69 Å². The summed E-state index contributed by atoms with van der Waals surface area (Å²) >= 11 is 0. The maximum absolute atomic E-state index is 13.4. The molecule has 0 radical (unpaired) electrons. The number of ether oxygens (including phenoxy) is 1. The maximum Gasteiger partial charge on any atom is 0.268 e. The van der Waals surface area contributed by atoms with Crippen molar-refractivity contribution < 1.29 is 9.53 Å². The van der Waals surface area contributed by atoms with E-state index in [1.165, 1.54) is 11.1 Å². The first-order valence-corrected chi connectivity index (χ1v) is 10.8. The van der Waals surface area contributed by atoms with Crippen LogP contribution in [-0.2, 0) is 17.8 Å². The number of morpholine rings is 1. The molecule has 2 aromatic heterocycles. The average Bonchev–Trinajstić information content (AvgIpc) is 3.03. The zero-order valence-electron chi connectivity index (χ0n) is 18.5. The summed E-state index contributed by atoms with van der Waals surface area (Å²) in [5.41, 5.74) is 7.47. The van der Waals surface area contributed by atoms with Crippen molar-refractivity contribution in [3.05, 3.63) is 82.4 Å². The molecule has 0 aliphatic carbocycles. The molecule has 1 aromatic carbocycles. The van der Waals surface area contributed by atoms with E-state index in [4.69, 9.17) is 4.74 Å². The van der Waals surface area contributed by atoms with E-state index >= 15 is 0 Å². The molecular weight excluding hydrogens is 388 g/mol. The number of aryl methyl sites for hydroxylation is 1. The number of benzene rings is 1. The summed E-state index contributed by atoms with van der Waals surface area (Å²) in [5, 5.41) is 3.11. The number of hydrogen-bond acceptors (Lipinski definition) is 4. The normalized spacial score (nSPS) is 14.0. The van der Waals surface area contributed by atoms with Crippen LogP contribution in [0.25, 0.3) is 0 Å². The van der Waals surface area contributed by atoms with Crippen molar-refractivity contribution in [3.8, 4) is 0 Å². The van der Waals surface area contributed by atoms with Crippen molar-refractivity contribution in [2.24, 2.45) is 0 Å². The van der Waals surface area contributed by atoms with Crippen molar-refractivity contribution in [1.82, 2.24) is 14.9 Å². The van der Waals surface area contributed by atoms with Gasteiger partial charge in [0.2, 0.25) is 0 Å². The lowest BCUT2D eigenvalue weighted by Crippen LogP contribution is -2.36. The maximum atomic E-state index is 13.4. The number of pyridine rings is 1. The van der Waals surface area contributed by atoms with E-state index in [1.807, 2.05) is 12.1 Å². The summed E-state index contributed by atoms with van der Waals surface area (Å²) < 4.78 is 7.71. The lowest BCUT2D eigenvalue weighted by molar-refractivity contribution is 0.0941. The third-order valence-corrected chi connectivity index (χ3v) is 5.90. The number of nitrogens with zero attached hydrogens (tertiary/aromatic N) is 3. The number of anilines is 1. The molecule has 1 N–H and O–H groups in total. The third-order valence-electron chi connectivity index (χ3n) is 5.90. The van der Waals surface area contributed by atoms with Gasteiger partial charge in [-0.3, -0.25) is 9.78 Å². The molecule has 1 aliphatic heterocycles. The number of carbonyl (C=O) groups is 1. The number of aromatic nitrogens is 2. The number of hydrogen-bond donors (Lipinski definition) is 1. The molecule has 31 heavy (non-hydrogen) atoms. The summed E-state index contributed by atoms with van der Waals surface area (Å²) in [6.07, 6.45) is 3.49. The van der Waals surface area contributed by atoms with E-state index in [9.17, 15) is 4.79 Å². The van der Waals surface area contributed by atoms with Gasteiger partial charge in [-0.1, -0.05) is 29.8 Å². The molecular formula is C25H30N4O2. The Morgan fingerprint density at radius 3 is 2.52 bits per heavy atom. The van der Waals surface area contributed by atoms with E-state index in [2.05, 4.69) is 64.8 Å².